The van der Waals surface area contributed by atoms with Crippen molar-refractivity contribution < 1.29 is 14.3 Å². The Morgan fingerprint density at radius 2 is 2.41 bits per heavy atom. The van der Waals surface area contributed by atoms with Crippen molar-refractivity contribution in [3.05, 3.63) is 36.0 Å². The molecule has 2 aromatic heterocycles. The van der Waals surface area contributed by atoms with Gasteiger partial charge in [-0.15, -0.1) is 0 Å². The van der Waals surface area contributed by atoms with Crippen LogP contribution in [0.3, 0.4) is 0 Å². The third kappa shape index (κ3) is 2.19. The van der Waals surface area contributed by atoms with Crippen molar-refractivity contribution in [2.45, 2.75) is 26.0 Å². The van der Waals surface area contributed by atoms with Gasteiger partial charge in [0.2, 0.25) is 0 Å². The van der Waals surface area contributed by atoms with E-state index in [2.05, 4.69) is 12.0 Å². The molecule has 0 saturated heterocycles. The molecule has 0 fully saturated rings. The van der Waals surface area contributed by atoms with Crippen molar-refractivity contribution in [3.63, 3.8) is 0 Å². The van der Waals surface area contributed by atoms with E-state index in [0.717, 1.165) is 13.0 Å². The average Bonchev–Trinajstić information content (AvgIpc) is 2.97. The highest BCUT2D eigenvalue weighted by molar-refractivity contribution is 5.33. The Balaban J connectivity index is 2.38. The molecule has 0 radical (unpaired) electrons. The average molecular weight is 236 g/mol. The minimum Gasteiger partial charge on any atom is -0.493 e. The number of hydrogen-bond donors (Lipinski definition) is 1. The lowest BCUT2D eigenvalue weighted by atomic mass is 10.1. The quantitative estimate of drug-likeness (QED) is 0.862. The first kappa shape index (κ1) is 11.7. The molecule has 0 aliphatic heterocycles. The van der Waals surface area contributed by atoms with Gasteiger partial charge in [0.05, 0.1) is 25.8 Å². The molecule has 92 valence electrons. The summed E-state index contributed by atoms with van der Waals surface area (Å²) in [6, 6.07) is 1.73. The van der Waals surface area contributed by atoms with Crippen LogP contribution >= 0.6 is 0 Å². The van der Waals surface area contributed by atoms with Crippen molar-refractivity contribution in [1.29, 1.82) is 0 Å². The van der Waals surface area contributed by atoms with Crippen LogP contribution in [0.1, 0.15) is 30.7 Å². The van der Waals surface area contributed by atoms with Crippen molar-refractivity contribution in [2.75, 3.05) is 7.11 Å². The van der Waals surface area contributed by atoms with E-state index in [0.29, 0.717) is 17.0 Å². The van der Waals surface area contributed by atoms with Gasteiger partial charge in [0.15, 0.2) is 5.75 Å². The first-order valence-corrected chi connectivity index (χ1v) is 5.57. The van der Waals surface area contributed by atoms with Crippen LogP contribution in [-0.4, -0.2) is 22.0 Å². The van der Waals surface area contributed by atoms with Gasteiger partial charge in [0.1, 0.15) is 11.8 Å². The first-order valence-electron chi connectivity index (χ1n) is 5.57. The fourth-order valence-electron chi connectivity index (χ4n) is 1.79. The summed E-state index contributed by atoms with van der Waals surface area (Å²) >= 11 is 0. The molecule has 1 N–H and O–H groups in total. The molecule has 0 spiro atoms. The highest BCUT2D eigenvalue weighted by atomic mass is 16.5. The van der Waals surface area contributed by atoms with Gasteiger partial charge in [-0.25, -0.2) is 0 Å². The van der Waals surface area contributed by atoms with E-state index in [9.17, 15) is 5.11 Å². The molecular formula is C12H16N2O3. The number of aromatic nitrogens is 2. The SMILES string of the molecule is CCCn1ncc(OC)c1C(O)c1ccoc1. The smallest absolute Gasteiger partial charge is 0.163 e. The third-order valence-corrected chi connectivity index (χ3v) is 2.62. The largest absolute Gasteiger partial charge is 0.493 e. The molecular weight excluding hydrogens is 220 g/mol. The minimum absolute atomic E-state index is 0.590. The Morgan fingerprint density at radius 1 is 1.59 bits per heavy atom. The summed E-state index contributed by atoms with van der Waals surface area (Å²) in [5.74, 6) is 0.590. The second kappa shape index (κ2) is 5.05. The summed E-state index contributed by atoms with van der Waals surface area (Å²) in [5, 5.41) is 14.5. The normalized spacial score (nSPS) is 12.6. The Morgan fingerprint density at radius 3 is 3.00 bits per heavy atom. The summed E-state index contributed by atoms with van der Waals surface area (Å²) in [7, 11) is 1.57. The van der Waals surface area contributed by atoms with E-state index in [1.54, 1.807) is 24.1 Å². The molecule has 5 heteroatoms. The summed E-state index contributed by atoms with van der Waals surface area (Å²) in [5.41, 5.74) is 1.36. The minimum atomic E-state index is -0.780. The van der Waals surface area contributed by atoms with Gasteiger partial charge < -0.3 is 14.3 Å². The van der Waals surface area contributed by atoms with Crippen LogP contribution in [0, 0.1) is 0 Å². The number of ether oxygens (including phenoxy) is 1. The molecule has 0 aliphatic rings. The van der Waals surface area contributed by atoms with Crippen LogP contribution in [0.2, 0.25) is 0 Å². The Bertz CT molecular complexity index is 462. The predicted octanol–water partition coefficient (Wildman–Crippen LogP) is 1.98. The second-order valence-corrected chi connectivity index (χ2v) is 3.78. The molecule has 1 unspecified atom stereocenters. The van der Waals surface area contributed by atoms with Crippen LogP contribution < -0.4 is 4.74 Å². The van der Waals surface area contributed by atoms with E-state index in [4.69, 9.17) is 9.15 Å². The molecule has 0 amide bonds. The molecule has 0 aliphatic carbocycles. The van der Waals surface area contributed by atoms with Gasteiger partial charge in [0.25, 0.3) is 0 Å². The number of rotatable bonds is 5. The van der Waals surface area contributed by atoms with E-state index in [-0.39, 0.29) is 0 Å². The fraction of sp³-hybridized carbons (Fsp3) is 0.417. The van der Waals surface area contributed by atoms with Crippen molar-refractivity contribution in [3.8, 4) is 5.75 Å². The van der Waals surface area contributed by atoms with Gasteiger partial charge in [-0.1, -0.05) is 6.92 Å². The Kier molecular flexibility index (Phi) is 3.49. The lowest BCUT2D eigenvalue weighted by molar-refractivity contribution is 0.201. The van der Waals surface area contributed by atoms with E-state index < -0.39 is 6.10 Å². The molecule has 0 aromatic carbocycles. The molecule has 0 saturated carbocycles. The molecule has 2 heterocycles. The number of nitrogens with zero attached hydrogens (tertiary/aromatic N) is 2. The topological polar surface area (TPSA) is 60.4 Å². The molecule has 2 rings (SSSR count). The van der Waals surface area contributed by atoms with Crippen molar-refractivity contribution in [2.24, 2.45) is 0 Å². The lowest BCUT2D eigenvalue weighted by Gasteiger charge is -2.13. The molecule has 5 nitrogen and oxygen atoms in total. The summed E-state index contributed by atoms with van der Waals surface area (Å²) < 4.78 is 12.0. The maximum atomic E-state index is 10.3. The van der Waals surface area contributed by atoms with Crippen LogP contribution in [0.4, 0.5) is 0 Å². The second-order valence-electron chi connectivity index (χ2n) is 3.78. The van der Waals surface area contributed by atoms with Crippen molar-refractivity contribution in [1.82, 2.24) is 9.78 Å². The lowest BCUT2D eigenvalue weighted by Crippen LogP contribution is -2.10. The third-order valence-electron chi connectivity index (χ3n) is 2.62. The van der Waals surface area contributed by atoms with Crippen LogP contribution in [0.25, 0.3) is 0 Å². The predicted molar refractivity (Wildman–Crippen MR) is 61.8 cm³/mol. The number of methoxy groups -OCH3 is 1. The van der Waals surface area contributed by atoms with Gasteiger partial charge in [-0.2, -0.15) is 5.10 Å². The van der Waals surface area contributed by atoms with Gasteiger partial charge in [0, 0.05) is 12.1 Å². The number of hydrogen-bond acceptors (Lipinski definition) is 4. The number of aryl methyl sites for hydroxylation is 1. The zero-order chi connectivity index (χ0) is 12.3. The summed E-state index contributed by atoms with van der Waals surface area (Å²) in [6.07, 6.45) is 4.83. The van der Waals surface area contributed by atoms with Gasteiger partial charge in [-0.3, -0.25) is 4.68 Å². The maximum Gasteiger partial charge on any atom is 0.163 e. The summed E-state index contributed by atoms with van der Waals surface area (Å²) in [4.78, 5) is 0. The number of furan rings is 1. The Labute approximate surface area is 99.6 Å². The first-order chi connectivity index (χ1) is 8.27. The van der Waals surface area contributed by atoms with Crippen LogP contribution in [0.5, 0.6) is 5.75 Å². The van der Waals surface area contributed by atoms with Crippen LogP contribution in [-0.2, 0) is 6.54 Å². The zero-order valence-electron chi connectivity index (χ0n) is 9.96. The zero-order valence-corrected chi connectivity index (χ0v) is 9.96. The van der Waals surface area contributed by atoms with E-state index >= 15 is 0 Å². The van der Waals surface area contributed by atoms with Crippen molar-refractivity contribution >= 4 is 0 Å². The highest BCUT2D eigenvalue weighted by Gasteiger charge is 2.21. The maximum absolute atomic E-state index is 10.3. The Hall–Kier alpha value is -1.75. The molecule has 1 atom stereocenters. The molecule has 17 heavy (non-hydrogen) atoms. The number of aliphatic hydroxyl groups is 1. The van der Waals surface area contributed by atoms with Gasteiger partial charge in [-0.05, 0) is 12.5 Å². The van der Waals surface area contributed by atoms with Crippen LogP contribution in [0.15, 0.2) is 29.2 Å². The number of aliphatic hydroxyl groups excluding tert-OH is 1. The molecule has 2 aromatic rings. The highest BCUT2D eigenvalue weighted by Crippen LogP contribution is 2.30. The standard InChI is InChI=1S/C12H16N2O3/c1-3-5-14-11(10(16-2)7-13-14)12(15)9-4-6-17-8-9/h4,6-8,12,15H,3,5H2,1-2H3. The fourth-order valence-corrected chi connectivity index (χ4v) is 1.79. The van der Waals surface area contributed by atoms with E-state index in [1.165, 1.54) is 12.5 Å². The van der Waals surface area contributed by atoms with E-state index in [1.807, 2.05) is 0 Å². The monoisotopic (exact) mass is 236 g/mol. The molecule has 0 bridgehead atoms. The van der Waals surface area contributed by atoms with Gasteiger partial charge >= 0.3 is 0 Å². The summed E-state index contributed by atoms with van der Waals surface area (Å²) in [6.45, 7) is 2.80.